The normalized spacial score (nSPS) is 10.1. The van der Waals surface area contributed by atoms with Crippen molar-refractivity contribution in [2.75, 3.05) is 26.6 Å². The van der Waals surface area contributed by atoms with Crippen molar-refractivity contribution in [1.29, 1.82) is 0 Å². The molecule has 3 heteroatoms. The van der Waals surface area contributed by atoms with Crippen molar-refractivity contribution >= 4 is 5.69 Å². The fraction of sp³-hybridized carbons (Fsp3) is 0.250. The van der Waals surface area contributed by atoms with Crippen molar-refractivity contribution in [3.05, 3.63) is 53.6 Å². The van der Waals surface area contributed by atoms with E-state index in [0.717, 1.165) is 29.2 Å². The van der Waals surface area contributed by atoms with Crippen LogP contribution >= 0.6 is 0 Å². The van der Waals surface area contributed by atoms with E-state index in [2.05, 4.69) is 29.6 Å². The molecule has 0 saturated carbocycles. The van der Waals surface area contributed by atoms with Gasteiger partial charge in [-0.25, -0.2) is 0 Å². The molecule has 2 aromatic carbocycles. The van der Waals surface area contributed by atoms with Crippen LogP contribution in [0.1, 0.15) is 11.1 Å². The Morgan fingerprint density at radius 2 is 1.68 bits per heavy atom. The zero-order chi connectivity index (χ0) is 13.7. The number of nitrogens with one attached hydrogen (secondary N) is 1. The SMILES string of the molecule is CNc1ccc(Cc2cc(OC)ccc2OC)cc1. The molecule has 0 atom stereocenters. The van der Waals surface area contributed by atoms with Crippen LogP contribution in [0.3, 0.4) is 0 Å². The molecule has 0 aliphatic carbocycles. The van der Waals surface area contributed by atoms with Crippen LogP contribution in [0.5, 0.6) is 11.5 Å². The molecule has 2 aromatic rings. The summed E-state index contributed by atoms with van der Waals surface area (Å²) >= 11 is 0. The minimum atomic E-state index is 0.824. The molecule has 0 saturated heterocycles. The highest BCUT2D eigenvalue weighted by Gasteiger charge is 2.06. The highest BCUT2D eigenvalue weighted by molar-refractivity contribution is 5.47. The summed E-state index contributed by atoms with van der Waals surface area (Å²) in [6, 6.07) is 14.2. The Bertz CT molecular complexity index is 535. The quantitative estimate of drug-likeness (QED) is 0.891. The number of benzene rings is 2. The van der Waals surface area contributed by atoms with Crippen molar-refractivity contribution in [1.82, 2.24) is 0 Å². The highest BCUT2D eigenvalue weighted by Crippen LogP contribution is 2.26. The molecule has 0 bridgehead atoms. The topological polar surface area (TPSA) is 30.5 Å². The van der Waals surface area contributed by atoms with Gasteiger partial charge in [0.05, 0.1) is 14.2 Å². The third-order valence-corrected chi connectivity index (χ3v) is 3.12. The molecule has 0 fully saturated rings. The average molecular weight is 257 g/mol. The first-order chi connectivity index (χ1) is 9.26. The molecule has 0 radical (unpaired) electrons. The van der Waals surface area contributed by atoms with Gasteiger partial charge in [-0.2, -0.15) is 0 Å². The summed E-state index contributed by atoms with van der Waals surface area (Å²) in [5.41, 5.74) is 3.48. The van der Waals surface area contributed by atoms with Gasteiger partial charge in [-0.05, 0) is 35.9 Å². The van der Waals surface area contributed by atoms with E-state index in [1.54, 1.807) is 14.2 Å². The molecule has 0 amide bonds. The van der Waals surface area contributed by atoms with Crippen molar-refractivity contribution in [2.45, 2.75) is 6.42 Å². The maximum absolute atomic E-state index is 5.39. The van der Waals surface area contributed by atoms with E-state index >= 15 is 0 Å². The Kier molecular flexibility index (Phi) is 4.29. The van der Waals surface area contributed by atoms with E-state index in [-0.39, 0.29) is 0 Å². The van der Waals surface area contributed by atoms with Gasteiger partial charge < -0.3 is 14.8 Å². The fourth-order valence-corrected chi connectivity index (χ4v) is 2.03. The lowest BCUT2D eigenvalue weighted by Gasteiger charge is -2.11. The third kappa shape index (κ3) is 3.19. The lowest BCUT2D eigenvalue weighted by Crippen LogP contribution is -1.96. The maximum Gasteiger partial charge on any atom is 0.122 e. The van der Waals surface area contributed by atoms with Crippen LogP contribution in [0.25, 0.3) is 0 Å². The zero-order valence-corrected chi connectivity index (χ0v) is 11.6. The summed E-state index contributed by atoms with van der Waals surface area (Å²) in [7, 11) is 5.28. The predicted molar refractivity (Wildman–Crippen MR) is 78.3 cm³/mol. The second kappa shape index (κ2) is 6.14. The second-order valence-corrected chi connectivity index (χ2v) is 4.30. The van der Waals surface area contributed by atoms with Crippen LogP contribution in [0.15, 0.2) is 42.5 Å². The standard InChI is InChI=1S/C16H19NO2/c1-17-14-6-4-12(5-7-14)10-13-11-15(18-2)8-9-16(13)19-3/h4-9,11,17H,10H2,1-3H3. The molecule has 1 N–H and O–H groups in total. The average Bonchev–Trinajstić information content (AvgIpc) is 2.48. The van der Waals surface area contributed by atoms with Crippen molar-refractivity contribution < 1.29 is 9.47 Å². The van der Waals surface area contributed by atoms with Gasteiger partial charge in [-0.3, -0.25) is 0 Å². The highest BCUT2D eigenvalue weighted by atomic mass is 16.5. The van der Waals surface area contributed by atoms with Gasteiger partial charge in [-0.1, -0.05) is 12.1 Å². The first-order valence-corrected chi connectivity index (χ1v) is 6.24. The lowest BCUT2D eigenvalue weighted by molar-refractivity contribution is 0.399. The Morgan fingerprint density at radius 3 is 2.26 bits per heavy atom. The third-order valence-electron chi connectivity index (χ3n) is 3.12. The summed E-state index contributed by atoms with van der Waals surface area (Å²) < 4.78 is 10.7. The molecule has 0 aliphatic rings. The van der Waals surface area contributed by atoms with E-state index in [9.17, 15) is 0 Å². The Labute approximate surface area is 114 Å². The van der Waals surface area contributed by atoms with E-state index in [1.807, 2.05) is 25.2 Å². The number of methoxy groups -OCH3 is 2. The fourth-order valence-electron chi connectivity index (χ4n) is 2.03. The predicted octanol–water partition coefficient (Wildman–Crippen LogP) is 3.34. The van der Waals surface area contributed by atoms with E-state index in [1.165, 1.54) is 5.56 Å². The van der Waals surface area contributed by atoms with Crippen LogP contribution in [-0.2, 0) is 6.42 Å². The first kappa shape index (κ1) is 13.3. The summed E-state index contributed by atoms with van der Waals surface area (Å²) in [5, 5.41) is 3.11. The van der Waals surface area contributed by atoms with Crippen molar-refractivity contribution in [3.8, 4) is 11.5 Å². The molecule has 0 aromatic heterocycles. The summed E-state index contributed by atoms with van der Waals surface area (Å²) in [6.45, 7) is 0. The van der Waals surface area contributed by atoms with Gasteiger partial charge in [0.2, 0.25) is 0 Å². The van der Waals surface area contributed by atoms with Gasteiger partial charge in [0, 0.05) is 24.7 Å². The molecule has 0 heterocycles. The maximum atomic E-state index is 5.39. The number of rotatable bonds is 5. The Hall–Kier alpha value is -2.16. The number of hydrogen-bond acceptors (Lipinski definition) is 3. The van der Waals surface area contributed by atoms with Crippen LogP contribution in [0.2, 0.25) is 0 Å². The zero-order valence-electron chi connectivity index (χ0n) is 11.6. The summed E-state index contributed by atoms with van der Waals surface area (Å²) in [6.07, 6.45) is 0.824. The Balaban J connectivity index is 2.25. The smallest absolute Gasteiger partial charge is 0.122 e. The molecule has 0 aliphatic heterocycles. The molecule has 0 spiro atoms. The van der Waals surface area contributed by atoms with E-state index in [4.69, 9.17) is 9.47 Å². The number of hydrogen-bond donors (Lipinski definition) is 1. The van der Waals surface area contributed by atoms with Gasteiger partial charge in [0.15, 0.2) is 0 Å². The van der Waals surface area contributed by atoms with Gasteiger partial charge in [0.1, 0.15) is 11.5 Å². The first-order valence-electron chi connectivity index (χ1n) is 6.24. The summed E-state index contributed by atoms with van der Waals surface area (Å²) in [5.74, 6) is 1.74. The number of ether oxygens (including phenoxy) is 2. The summed E-state index contributed by atoms with van der Waals surface area (Å²) in [4.78, 5) is 0. The van der Waals surface area contributed by atoms with Gasteiger partial charge in [-0.15, -0.1) is 0 Å². The molecular weight excluding hydrogens is 238 g/mol. The van der Waals surface area contributed by atoms with E-state index < -0.39 is 0 Å². The van der Waals surface area contributed by atoms with Crippen LogP contribution in [0, 0.1) is 0 Å². The molecule has 0 unspecified atom stereocenters. The molecule has 3 nitrogen and oxygen atoms in total. The molecule has 19 heavy (non-hydrogen) atoms. The number of anilines is 1. The largest absolute Gasteiger partial charge is 0.497 e. The van der Waals surface area contributed by atoms with Gasteiger partial charge >= 0.3 is 0 Å². The van der Waals surface area contributed by atoms with Crippen LogP contribution < -0.4 is 14.8 Å². The monoisotopic (exact) mass is 257 g/mol. The lowest BCUT2D eigenvalue weighted by atomic mass is 10.0. The van der Waals surface area contributed by atoms with Crippen LogP contribution in [0.4, 0.5) is 5.69 Å². The molecule has 2 rings (SSSR count). The Morgan fingerprint density at radius 1 is 0.947 bits per heavy atom. The van der Waals surface area contributed by atoms with E-state index in [0.29, 0.717) is 0 Å². The van der Waals surface area contributed by atoms with Crippen molar-refractivity contribution in [3.63, 3.8) is 0 Å². The van der Waals surface area contributed by atoms with Crippen LogP contribution in [-0.4, -0.2) is 21.3 Å². The second-order valence-electron chi connectivity index (χ2n) is 4.30. The molecular formula is C16H19NO2. The van der Waals surface area contributed by atoms with Gasteiger partial charge in [0.25, 0.3) is 0 Å². The minimum Gasteiger partial charge on any atom is -0.497 e. The minimum absolute atomic E-state index is 0.824. The van der Waals surface area contributed by atoms with Crippen molar-refractivity contribution in [2.24, 2.45) is 0 Å². The molecule has 100 valence electrons.